The van der Waals surface area contributed by atoms with Gasteiger partial charge in [-0.2, -0.15) is 31.3 Å². The quantitative estimate of drug-likeness (QED) is 0.489. The van der Waals surface area contributed by atoms with Gasteiger partial charge in [0.15, 0.2) is 0 Å². The fourth-order valence-electron chi connectivity index (χ4n) is 3.42. The number of hydrogen-bond acceptors (Lipinski definition) is 4. The van der Waals surface area contributed by atoms with Gasteiger partial charge in [-0.25, -0.2) is 0 Å². The largest absolute Gasteiger partial charge is 0.418 e. The highest BCUT2D eigenvalue weighted by Crippen LogP contribution is 2.42. The summed E-state index contributed by atoms with van der Waals surface area (Å²) in [6, 6.07) is 1.70. The lowest BCUT2D eigenvalue weighted by molar-refractivity contribution is -0.142. The summed E-state index contributed by atoms with van der Waals surface area (Å²) in [6.07, 6.45) is -1.80. The van der Waals surface area contributed by atoms with E-state index in [-0.39, 0.29) is 42.5 Å². The standard InChI is InChI=1S/C20H17F6N3OS/c1-2-7-27-17-16(31-18(30)28-17)10-12-5-8-29(9-6-12)15-4-3-13(19(21,22)23)11-14(15)20(24,25)26/h1,3-4,10-12H,5-9H2,(H,27,28,30). The van der Waals surface area contributed by atoms with E-state index in [2.05, 4.69) is 16.2 Å². The number of carbonyl (C=O) groups excluding carboxylic acids is 1. The van der Waals surface area contributed by atoms with Crippen molar-refractivity contribution in [2.24, 2.45) is 10.9 Å². The fraction of sp³-hybridized carbons (Fsp3) is 0.400. The molecule has 0 saturated carbocycles. The minimum Gasteiger partial charge on any atom is -0.371 e. The summed E-state index contributed by atoms with van der Waals surface area (Å²) in [5, 5.41) is 2.47. The van der Waals surface area contributed by atoms with E-state index in [1.165, 1.54) is 4.90 Å². The number of piperidine rings is 1. The molecule has 1 amide bonds. The number of amides is 1. The second-order valence-corrected chi connectivity index (χ2v) is 7.96. The molecule has 0 aromatic heterocycles. The Morgan fingerprint density at radius 1 is 1.19 bits per heavy atom. The van der Waals surface area contributed by atoms with Crippen molar-refractivity contribution in [2.45, 2.75) is 25.2 Å². The number of aliphatic imine (C=N–C) groups is 1. The summed E-state index contributed by atoms with van der Waals surface area (Å²) in [6.45, 7) is 0.647. The number of hydrogen-bond donors (Lipinski definition) is 1. The van der Waals surface area contributed by atoms with Crippen molar-refractivity contribution >= 4 is 28.5 Å². The SMILES string of the molecule is C#CCNC1=NC(=O)SC1=CC1CCN(c2ccc(C(F)(F)F)cc2C(F)(F)F)CC1. The first-order valence-electron chi connectivity index (χ1n) is 9.22. The third-order valence-corrected chi connectivity index (χ3v) is 5.70. The van der Waals surface area contributed by atoms with E-state index in [1.807, 2.05) is 6.08 Å². The molecule has 4 nitrogen and oxygen atoms in total. The Balaban J connectivity index is 1.75. The maximum atomic E-state index is 13.4. The van der Waals surface area contributed by atoms with Crippen molar-refractivity contribution in [3.8, 4) is 12.3 Å². The molecule has 0 radical (unpaired) electrons. The Morgan fingerprint density at radius 2 is 1.87 bits per heavy atom. The predicted octanol–water partition coefficient (Wildman–Crippen LogP) is 5.31. The monoisotopic (exact) mass is 461 g/mol. The third kappa shape index (κ3) is 5.55. The molecule has 1 saturated heterocycles. The van der Waals surface area contributed by atoms with Crippen molar-refractivity contribution in [1.29, 1.82) is 0 Å². The molecule has 1 fully saturated rings. The van der Waals surface area contributed by atoms with Gasteiger partial charge in [0.05, 0.1) is 22.6 Å². The van der Waals surface area contributed by atoms with Gasteiger partial charge in [-0.15, -0.1) is 6.42 Å². The number of amidine groups is 1. The maximum Gasteiger partial charge on any atom is 0.418 e. The lowest BCUT2D eigenvalue weighted by Crippen LogP contribution is -2.35. The number of alkyl halides is 6. The van der Waals surface area contributed by atoms with Crippen LogP contribution in [0, 0.1) is 18.3 Å². The molecule has 2 aliphatic heterocycles. The summed E-state index contributed by atoms with van der Waals surface area (Å²) in [5.41, 5.74) is -2.91. The van der Waals surface area contributed by atoms with Crippen LogP contribution in [0.25, 0.3) is 0 Å². The molecule has 2 aliphatic rings. The topological polar surface area (TPSA) is 44.7 Å². The molecule has 1 aromatic rings. The van der Waals surface area contributed by atoms with Crippen LogP contribution in [-0.4, -0.2) is 30.7 Å². The van der Waals surface area contributed by atoms with Crippen LogP contribution in [0.5, 0.6) is 0 Å². The molecule has 1 N–H and O–H groups in total. The van der Waals surface area contributed by atoms with Crippen molar-refractivity contribution in [3.05, 3.63) is 40.3 Å². The lowest BCUT2D eigenvalue weighted by Gasteiger charge is -2.34. The van der Waals surface area contributed by atoms with Gasteiger partial charge in [-0.3, -0.25) is 4.79 Å². The first-order chi connectivity index (χ1) is 14.5. The number of anilines is 1. The molecule has 1 aromatic carbocycles. The van der Waals surface area contributed by atoms with Crippen LogP contribution in [0.15, 0.2) is 34.2 Å². The minimum absolute atomic E-state index is 0.0220. The summed E-state index contributed by atoms with van der Waals surface area (Å²) in [4.78, 5) is 17.5. The minimum atomic E-state index is -4.91. The van der Waals surface area contributed by atoms with Gasteiger partial charge in [-0.1, -0.05) is 12.0 Å². The van der Waals surface area contributed by atoms with E-state index in [4.69, 9.17) is 6.42 Å². The van der Waals surface area contributed by atoms with Gasteiger partial charge in [0, 0.05) is 18.8 Å². The van der Waals surface area contributed by atoms with E-state index < -0.39 is 23.5 Å². The summed E-state index contributed by atoms with van der Waals surface area (Å²) in [7, 11) is 0. The third-order valence-electron chi connectivity index (χ3n) is 4.89. The smallest absolute Gasteiger partial charge is 0.371 e. The molecular weight excluding hydrogens is 444 g/mol. The van der Waals surface area contributed by atoms with Gasteiger partial charge in [0.25, 0.3) is 0 Å². The summed E-state index contributed by atoms with van der Waals surface area (Å²) < 4.78 is 78.9. The number of nitrogens with zero attached hydrogens (tertiary/aromatic N) is 2. The normalized spacial score (nSPS) is 19.5. The van der Waals surface area contributed by atoms with E-state index in [9.17, 15) is 31.1 Å². The predicted molar refractivity (Wildman–Crippen MR) is 107 cm³/mol. The molecule has 3 rings (SSSR count). The number of nitrogens with one attached hydrogen (secondary N) is 1. The van der Waals surface area contributed by atoms with Crippen LogP contribution in [0.1, 0.15) is 24.0 Å². The number of halogens is 6. The molecule has 0 bridgehead atoms. The van der Waals surface area contributed by atoms with Crippen LogP contribution in [0.3, 0.4) is 0 Å². The highest BCUT2D eigenvalue weighted by atomic mass is 32.2. The zero-order chi connectivity index (χ0) is 22.8. The summed E-state index contributed by atoms with van der Waals surface area (Å²) in [5.74, 6) is 2.73. The molecule has 2 heterocycles. The van der Waals surface area contributed by atoms with E-state index in [1.54, 1.807) is 0 Å². The van der Waals surface area contributed by atoms with Crippen molar-refractivity contribution in [1.82, 2.24) is 5.32 Å². The maximum absolute atomic E-state index is 13.4. The average Bonchev–Trinajstić information content (AvgIpc) is 3.04. The van der Waals surface area contributed by atoms with Crippen LogP contribution >= 0.6 is 11.8 Å². The van der Waals surface area contributed by atoms with Gasteiger partial charge in [0.2, 0.25) is 0 Å². The van der Waals surface area contributed by atoms with Crippen LogP contribution < -0.4 is 10.2 Å². The molecule has 0 spiro atoms. The fourth-order valence-corrected chi connectivity index (χ4v) is 4.22. The first-order valence-corrected chi connectivity index (χ1v) is 10.0. The highest BCUT2D eigenvalue weighted by molar-refractivity contribution is 8.18. The second kappa shape index (κ2) is 8.86. The van der Waals surface area contributed by atoms with Gasteiger partial charge < -0.3 is 10.2 Å². The first kappa shape index (κ1) is 23.1. The molecule has 0 atom stereocenters. The van der Waals surface area contributed by atoms with Crippen LogP contribution in [0.4, 0.5) is 36.8 Å². The molecule has 0 aliphatic carbocycles. The van der Waals surface area contributed by atoms with Crippen molar-refractivity contribution in [2.75, 3.05) is 24.5 Å². The number of terminal acetylenes is 1. The zero-order valence-corrected chi connectivity index (χ0v) is 16.8. The van der Waals surface area contributed by atoms with Gasteiger partial charge in [0.1, 0.15) is 5.84 Å². The van der Waals surface area contributed by atoms with Crippen LogP contribution in [-0.2, 0) is 12.4 Å². The molecule has 11 heteroatoms. The number of thioether (sulfide) groups is 1. The summed E-state index contributed by atoms with van der Waals surface area (Å²) >= 11 is 0.943. The number of rotatable bonds is 3. The average molecular weight is 461 g/mol. The van der Waals surface area contributed by atoms with E-state index in [0.717, 1.165) is 17.8 Å². The van der Waals surface area contributed by atoms with Gasteiger partial charge in [-0.05, 0) is 48.7 Å². The Bertz CT molecular complexity index is 953. The lowest BCUT2D eigenvalue weighted by atomic mass is 9.95. The van der Waals surface area contributed by atoms with Crippen LogP contribution in [0.2, 0.25) is 0 Å². The van der Waals surface area contributed by atoms with E-state index in [0.29, 0.717) is 29.6 Å². The molecule has 0 unspecified atom stereocenters. The Morgan fingerprint density at radius 3 is 2.45 bits per heavy atom. The molecule has 166 valence electrons. The highest BCUT2D eigenvalue weighted by Gasteiger charge is 2.39. The van der Waals surface area contributed by atoms with Gasteiger partial charge >= 0.3 is 17.6 Å². The van der Waals surface area contributed by atoms with E-state index >= 15 is 0 Å². The second-order valence-electron chi connectivity index (χ2n) is 6.97. The number of allylic oxidation sites excluding steroid dienone is 1. The Hall–Kier alpha value is -2.61. The number of benzene rings is 1. The Labute approximate surface area is 178 Å². The molecule has 31 heavy (non-hydrogen) atoms. The van der Waals surface area contributed by atoms with Crippen molar-refractivity contribution < 1.29 is 31.1 Å². The number of carbonyl (C=O) groups is 1. The Kier molecular flexibility index (Phi) is 6.59. The van der Waals surface area contributed by atoms with Crippen molar-refractivity contribution in [3.63, 3.8) is 0 Å². The molecular formula is C20H17F6N3OS. The zero-order valence-electron chi connectivity index (χ0n) is 16.0.